The molecule has 0 radical (unpaired) electrons. The van der Waals surface area contributed by atoms with Gasteiger partial charge in [-0.1, -0.05) is 32.0 Å². The van der Waals surface area contributed by atoms with E-state index in [1.165, 1.54) is 5.56 Å². The molecule has 0 bridgehead atoms. The number of anilines is 1. The van der Waals surface area contributed by atoms with Crippen molar-refractivity contribution >= 4 is 11.6 Å². The molecule has 1 atom stereocenters. The van der Waals surface area contributed by atoms with Crippen molar-refractivity contribution in [2.45, 2.75) is 26.3 Å². The Balaban J connectivity index is 1.92. The summed E-state index contributed by atoms with van der Waals surface area (Å²) in [4.78, 5) is 13.7. The van der Waals surface area contributed by atoms with Crippen molar-refractivity contribution in [3.63, 3.8) is 0 Å². The van der Waals surface area contributed by atoms with Crippen molar-refractivity contribution in [3.05, 3.63) is 29.8 Å². The predicted octanol–water partition coefficient (Wildman–Crippen LogP) is 2.36. The van der Waals surface area contributed by atoms with Crippen molar-refractivity contribution in [1.82, 2.24) is 5.32 Å². The van der Waals surface area contributed by atoms with Gasteiger partial charge in [-0.25, -0.2) is 0 Å². The number of carbonyl (C=O) groups is 1. The minimum atomic E-state index is 0.0950. The first kappa shape index (κ1) is 15.0. The van der Waals surface area contributed by atoms with E-state index in [1.54, 1.807) is 4.90 Å². The molecule has 110 valence electrons. The summed E-state index contributed by atoms with van der Waals surface area (Å²) in [6.45, 7) is 6.51. The summed E-state index contributed by atoms with van der Waals surface area (Å²) in [6, 6.07) is 8.17. The fourth-order valence-electron chi connectivity index (χ4n) is 2.45. The monoisotopic (exact) mass is 276 g/mol. The minimum absolute atomic E-state index is 0.0950. The standard InChI is InChI=1S/C16H24N2O2/c1-12(2)11-20-9-8-17-14-10-16(19)18(3)15-7-5-4-6-13(14)15/h4-7,12,14,17H,8-11H2,1-3H3. The zero-order valence-electron chi connectivity index (χ0n) is 12.6. The van der Waals surface area contributed by atoms with E-state index < -0.39 is 0 Å². The molecular weight excluding hydrogens is 252 g/mol. The number of amides is 1. The molecule has 1 aromatic rings. The molecule has 0 saturated heterocycles. The van der Waals surface area contributed by atoms with Crippen LogP contribution in [0.15, 0.2) is 24.3 Å². The number of nitrogens with zero attached hydrogens (tertiary/aromatic N) is 1. The minimum Gasteiger partial charge on any atom is -0.380 e. The maximum atomic E-state index is 12.0. The molecule has 1 heterocycles. The van der Waals surface area contributed by atoms with Crippen LogP contribution in [-0.4, -0.2) is 32.7 Å². The van der Waals surface area contributed by atoms with Crippen LogP contribution in [-0.2, 0) is 9.53 Å². The third kappa shape index (κ3) is 3.58. The average Bonchev–Trinajstić information content (AvgIpc) is 2.43. The van der Waals surface area contributed by atoms with Gasteiger partial charge in [-0.05, 0) is 17.5 Å². The maximum Gasteiger partial charge on any atom is 0.228 e. The lowest BCUT2D eigenvalue weighted by molar-refractivity contribution is -0.119. The zero-order chi connectivity index (χ0) is 14.5. The molecule has 1 N–H and O–H groups in total. The summed E-state index contributed by atoms with van der Waals surface area (Å²) < 4.78 is 5.56. The van der Waals surface area contributed by atoms with E-state index in [4.69, 9.17) is 4.74 Å². The highest BCUT2D eigenvalue weighted by Crippen LogP contribution is 2.33. The van der Waals surface area contributed by atoms with Gasteiger partial charge in [-0.15, -0.1) is 0 Å². The Morgan fingerprint density at radius 1 is 1.40 bits per heavy atom. The lowest BCUT2D eigenvalue weighted by Gasteiger charge is -2.32. The van der Waals surface area contributed by atoms with E-state index in [0.29, 0.717) is 18.9 Å². The normalized spacial score (nSPS) is 18.5. The van der Waals surface area contributed by atoms with E-state index in [1.807, 2.05) is 25.2 Å². The summed E-state index contributed by atoms with van der Waals surface area (Å²) in [5, 5.41) is 3.43. The molecule has 4 heteroatoms. The van der Waals surface area contributed by atoms with Gasteiger partial charge in [0.1, 0.15) is 0 Å². The Bertz CT molecular complexity index is 460. The highest BCUT2D eigenvalue weighted by Gasteiger charge is 2.28. The largest absolute Gasteiger partial charge is 0.380 e. The second-order valence-corrected chi connectivity index (χ2v) is 5.69. The predicted molar refractivity (Wildman–Crippen MR) is 80.9 cm³/mol. The fraction of sp³-hybridized carbons (Fsp3) is 0.562. The molecule has 1 aromatic carbocycles. The third-order valence-electron chi connectivity index (χ3n) is 3.51. The van der Waals surface area contributed by atoms with Gasteiger partial charge in [0.25, 0.3) is 0 Å². The molecular formula is C16H24N2O2. The van der Waals surface area contributed by atoms with E-state index in [9.17, 15) is 4.79 Å². The molecule has 1 unspecified atom stereocenters. The van der Waals surface area contributed by atoms with Crippen molar-refractivity contribution in [2.24, 2.45) is 5.92 Å². The quantitative estimate of drug-likeness (QED) is 0.811. The van der Waals surface area contributed by atoms with Crippen molar-refractivity contribution in [2.75, 3.05) is 31.7 Å². The number of ether oxygens (including phenoxy) is 1. The van der Waals surface area contributed by atoms with Gasteiger partial charge in [-0.3, -0.25) is 4.79 Å². The van der Waals surface area contributed by atoms with Gasteiger partial charge >= 0.3 is 0 Å². The molecule has 2 rings (SSSR count). The number of fused-ring (bicyclic) bond motifs is 1. The van der Waals surface area contributed by atoms with Gasteiger partial charge in [0.05, 0.1) is 6.61 Å². The van der Waals surface area contributed by atoms with Crippen molar-refractivity contribution in [1.29, 1.82) is 0 Å². The zero-order valence-corrected chi connectivity index (χ0v) is 12.6. The van der Waals surface area contributed by atoms with Crippen LogP contribution in [0.25, 0.3) is 0 Å². The van der Waals surface area contributed by atoms with Gasteiger partial charge in [0.15, 0.2) is 0 Å². The molecule has 1 aliphatic heterocycles. The number of hydrogen-bond donors (Lipinski definition) is 1. The number of carbonyl (C=O) groups excluding carboxylic acids is 1. The number of para-hydroxylation sites is 1. The van der Waals surface area contributed by atoms with Gasteiger partial charge in [0.2, 0.25) is 5.91 Å². The first-order valence-electron chi connectivity index (χ1n) is 7.26. The first-order chi connectivity index (χ1) is 9.59. The summed E-state index contributed by atoms with van der Waals surface area (Å²) in [6.07, 6.45) is 0.512. The number of benzene rings is 1. The molecule has 0 aromatic heterocycles. The van der Waals surface area contributed by atoms with Crippen LogP contribution in [0.5, 0.6) is 0 Å². The molecule has 4 nitrogen and oxygen atoms in total. The SMILES string of the molecule is CC(C)COCCNC1CC(=O)N(C)c2ccccc21. The highest BCUT2D eigenvalue weighted by atomic mass is 16.5. The Morgan fingerprint density at radius 3 is 2.90 bits per heavy atom. The number of nitrogens with one attached hydrogen (secondary N) is 1. The molecule has 0 aliphatic carbocycles. The third-order valence-corrected chi connectivity index (χ3v) is 3.51. The van der Waals surface area contributed by atoms with Gasteiger partial charge < -0.3 is 15.0 Å². The van der Waals surface area contributed by atoms with Crippen LogP contribution in [0.1, 0.15) is 31.9 Å². The summed E-state index contributed by atoms with van der Waals surface area (Å²) in [7, 11) is 1.84. The first-order valence-corrected chi connectivity index (χ1v) is 7.26. The van der Waals surface area contributed by atoms with E-state index in [-0.39, 0.29) is 11.9 Å². The maximum absolute atomic E-state index is 12.0. The number of hydrogen-bond acceptors (Lipinski definition) is 3. The van der Waals surface area contributed by atoms with Crippen LogP contribution < -0.4 is 10.2 Å². The van der Waals surface area contributed by atoms with Crippen molar-refractivity contribution < 1.29 is 9.53 Å². The van der Waals surface area contributed by atoms with E-state index in [2.05, 4.69) is 25.2 Å². The smallest absolute Gasteiger partial charge is 0.228 e. The second kappa shape index (κ2) is 6.86. The molecule has 0 fully saturated rings. The van der Waals surface area contributed by atoms with Crippen LogP contribution in [0, 0.1) is 5.92 Å². The Kier molecular flexibility index (Phi) is 5.15. The van der Waals surface area contributed by atoms with Crippen LogP contribution in [0.3, 0.4) is 0 Å². The van der Waals surface area contributed by atoms with Crippen LogP contribution >= 0.6 is 0 Å². The molecule has 20 heavy (non-hydrogen) atoms. The lowest BCUT2D eigenvalue weighted by Crippen LogP contribution is -2.38. The molecule has 1 amide bonds. The van der Waals surface area contributed by atoms with Crippen molar-refractivity contribution in [3.8, 4) is 0 Å². The molecule has 0 saturated carbocycles. The van der Waals surface area contributed by atoms with E-state index >= 15 is 0 Å². The molecule has 0 spiro atoms. The summed E-state index contributed by atoms with van der Waals surface area (Å²) >= 11 is 0. The average molecular weight is 276 g/mol. The van der Waals surface area contributed by atoms with E-state index in [0.717, 1.165) is 18.8 Å². The van der Waals surface area contributed by atoms with Gasteiger partial charge in [-0.2, -0.15) is 0 Å². The van der Waals surface area contributed by atoms with Gasteiger partial charge in [0, 0.05) is 38.3 Å². The Hall–Kier alpha value is -1.39. The highest BCUT2D eigenvalue weighted by molar-refractivity contribution is 5.96. The van der Waals surface area contributed by atoms with Crippen LogP contribution in [0.2, 0.25) is 0 Å². The Morgan fingerprint density at radius 2 is 2.15 bits per heavy atom. The topological polar surface area (TPSA) is 41.6 Å². The lowest BCUT2D eigenvalue weighted by atomic mass is 9.96. The number of rotatable bonds is 6. The van der Waals surface area contributed by atoms with Crippen LogP contribution in [0.4, 0.5) is 5.69 Å². The summed E-state index contributed by atoms with van der Waals surface area (Å²) in [5.41, 5.74) is 2.20. The second-order valence-electron chi connectivity index (χ2n) is 5.69. The Labute approximate surface area is 121 Å². The summed E-state index contributed by atoms with van der Waals surface area (Å²) in [5.74, 6) is 0.713. The fourth-order valence-corrected chi connectivity index (χ4v) is 2.45. The molecule has 1 aliphatic rings.